The van der Waals surface area contributed by atoms with Crippen molar-refractivity contribution in [2.24, 2.45) is 0 Å². The first kappa shape index (κ1) is 15.7. The Kier molecular flexibility index (Phi) is 5.10. The quantitative estimate of drug-likeness (QED) is 0.856. The number of hydrogen-bond acceptors (Lipinski definition) is 2. The lowest BCUT2D eigenvalue weighted by Crippen LogP contribution is -2.12. The zero-order valence-corrected chi connectivity index (χ0v) is 13.2. The van der Waals surface area contributed by atoms with E-state index < -0.39 is 0 Å². The zero-order valence-electron chi connectivity index (χ0n) is 11.7. The molecule has 2 aromatic rings. The van der Waals surface area contributed by atoms with E-state index >= 15 is 0 Å². The Morgan fingerprint density at radius 3 is 2.38 bits per heavy atom. The van der Waals surface area contributed by atoms with Gasteiger partial charge in [0, 0.05) is 27.4 Å². The molecule has 0 aliphatic rings. The van der Waals surface area contributed by atoms with Gasteiger partial charge in [0.1, 0.15) is 5.75 Å². The predicted molar refractivity (Wildman–Crippen MR) is 86.6 cm³/mol. The smallest absolute Gasteiger partial charge is 0.255 e. The molecule has 1 amide bonds. The molecule has 0 aromatic heterocycles. The van der Waals surface area contributed by atoms with Crippen LogP contribution in [0.3, 0.4) is 0 Å². The molecule has 21 heavy (non-hydrogen) atoms. The minimum atomic E-state index is -0.277. The molecule has 5 heteroatoms. The van der Waals surface area contributed by atoms with Crippen LogP contribution in [0.5, 0.6) is 5.75 Å². The molecule has 0 saturated heterocycles. The Bertz CT molecular complexity index is 636. The summed E-state index contributed by atoms with van der Waals surface area (Å²) >= 11 is 11.8. The highest BCUT2D eigenvalue weighted by Gasteiger charge is 2.09. The first-order chi connectivity index (χ1) is 9.94. The minimum Gasteiger partial charge on any atom is -0.491 e. The lowest BCUT2D eigenvalue weighted by Gasteiger charge is -2.11. The van der Waals surface area contributed by atoms with Gasteiger partial charge in [0.15, 0.2) is 0 Å². The SMILES string of the molecule is CC(C)Oc1cccc(NC(=O)c2cc(Cl)cc(Cl)c2)c1. The summed E-state index contributed by atoms with van der Waals surface area (Å²) in [4.78, 5) is 12.2. The molecule has 0 unspecified atom stereocenters. The minimum absolute atomic E-state index is 0.0719. The summed E-state index contributed by atoms with van der Waals surface area (Å²) < 4.78 is 5.59. The fraction of sp³-hybridized carbons (Fsp3) is 0.188. The topological polar surface area (TPSA) is 38.3 Å². The van der Waals surface area contributed by atoms with Crippen LogP contribution in [0.4, 0.5) is 5.69 Å². The number of nitrogens with one attached hydrogen (secondary N) is 1. The van der Waals surface area contributed by atoms with Gasteiger partial charge in [-0.2, -0.15) is 0 Å². The second-order valence-electron chi connectivity index (χ2n) is 4.81. The number of benzene rings is 2. The summed E-state index contributed by atoms with van der Waals surface area (Å²) in [5, 5.41) is 3.63. The van der Waals surface area contributed by atoms with Gasteiger partial charge in [-0.25, -0.2) is 0 Å². The van der Waals surface area contributed by atoms with Gasteiger partial charge in [0.25, 0.3) is 5.91 Å². The second kappa shape index (κ2) is 6.83. The maximum Gasteiger partial charge on any atom is 0.255 e. The maximum atomic E-state index is 12.2. The van der Waals surface area contributed by atoms with E-state index in [1.165, 1.54) is 0 Å². The second-order valence-corrected chi connectivity index (χ2v) is 5.68. The van der Waals surface area contributed by atoms with E-state index in [4.69, 9.17) is 27.9 Å². The molecule has 0 spiro atoms. The molecule has 1 N–H and O–H groups in total. The van der Waals surface area contributed by atoms with Gasteiger partial charge in [-0.15, -0.1) is 0 Å². The van der Waals surface area contributed by atoms with Gasteiger partial charge < -0.3 is 10.1 Å². The van der Waals surface area contributed by atoms with Crippen LogP contribution >= 0.6 is 23.2 Å². The van der Waals surface area contributed by atoms with Gasteiger partial charge in [0.05, 0.1) is 6.10 Å². The van der Waals surface area contributed by atoms with Crippen molar-refractivity contribution in [3.63, 3.8) is 0 Å². The normalized spacial score (nSPS) is 10.5. The molecule has 3 nitrogen and oxygen atoms in total. The van der Waals surface area contributed by atoms with Crippen molar-refractivity contribution in [1.29, 1.82) is 0 Å². The van der Waals surface area contributed by atoms with E-state index in [9.17, 15) is 4.79 Å². The standard InChI is InChI=1S/C16H15Cl2NO2/c1-10(2)21-15-5-3-4-14(9-15)19-16(20)11-6-12(17)8-13(18)7-11/h3-10H,1-2H3,(H,19,20). The molecule has 0 aliphatic heterocycles. The third kappa shape index (κ3) is 4.66. The Balaban J connectivity index is 2.15. The van der Waals surface area contributed by atoms with E-state index in [2.05, 4.69) is 5.32 Å². The Morgan fingerprint density at radius 1 is 1.10 bits per heavy atom. The summed E-state index contributed by atoms with van der Waals surface area (Å²) in [5.74, 6) is 0.424. The van der Waals surface area contributed by atoms with Crippen molar-refractivity contribution in [2.45, 2.75) is 20.0 Å². The number of rotatable bonds is 4. The van der Waals surface area contributed by atoms with Crippen LogP contribution < -0.4 is 10.1 Å². The first-order valence-corrected chi connectivity index (χ1v) is 7.24. The van der Waals surface area contributed by atoms with Crippen molar-refractivity contribution < 1.29 is 9.53 Å². The number of anilines is 1. The van der Waals surface area contributed by atoms with Crippen LogP contribution in [0, 0.1) is 0 Å². The number of ether oxygens (including phenoxy) is 1. The highest BCUT2D eigenvalue weighted by Crippen LogP contribution is 2.22. The number of halogens is 2. The number of amides is 1. The van der Waals surface area contributed by atoms with E-state index in [0.29, 0.717) is 27.0 Å². The van der Waals surface area contributed by atoms with Gasteiger partial charge >= 0.3 is 0 Å². The summed E-state index contributed by atoms with van der Waals surface area (Å²) in [5.41, 5.74) is 1.05. The number of hydrogen-bond donors (Lipinski definition) is 1. The molecule has 0 fully saturated rings. The van der Waals surface area contributed by atoms with Gasteiger partial charge in [-0.05, 0) is 44.2 Å². The van der Waals surface area contributed by atoms with Gasteiger partial charge in [0.2, 0.25) is 0 Å². The van der Waals surface area contributed by atoms with Crippen molar-refractivity contribution >= 4 is 34.8 Å². The van der Waals surface area contributed by atoms with Crippen LogP contribution in [-0.2, 0) is 0 Å². The lowest BCUT2D eigenvalue weighted by molar-refractivity contribution is 0.102. The van der Waals surface area contributed by atoms with Gasteiger partial charge in [-0.3, -0.25) is 4.79 Å². The highest BCUT2D eigenvalue weighted by molar-refractivity contribution is 6.35. The lowest BCUT2D eigenvalue weighted by atomic mass is 10.2. The molecule has 0 heterocycles. The Morgan fingerprint density at radius 2 is 1.76 bits per heavy atom. The van der Waals surface area contributed by atoms with Crippen LogP contribution in [0.25, 0.3) is 0 Å². The first-order valence-electron chi connectivity index (χ1n) is 6.48. The molecule has 0 radical (unpaired) electrons. The fourth-order valence-electron chi connectivity index (χ4n) is 1.81. The molecule has 0 atom stereocenters. The molecule has 0 saturated carbocycles. The molecule has 2 rings (SSSR count). The van der Waals surface area contributed by atoms with Crippen LogP contribution in [-0.4, -0.2) is 12.0 Å². The van der Waals surface area contributed by atoms with E-state index in [-0.39, 0.29) is 12.0 Å². The Labute approximate surface area is 133 Å². The molecule has 2 aromatic carbocycles. The third-order valence-electron chi connectivity index (χ3n) is 2.59. The summed E-state index contributed by atoms with van der Waals surface area (Å²) in [7, 11) is 0. The third-order valence-corrected chi connectivity index (χ3v) is 3.02. The summed E-state index contributed by atoms with van der Waals surface area (Å²) in [6.07, 6.45) is 0.0719. The van der Waals surface area contributed by atoms with E-state index in [1.54, 1.807) is 30.3 Å². The van der Waals surface area contributed by atoms with Crippen LogP contribution in [0.1, 0.15) is 24.2 Å². The largest absolute Gasteiger partial charge is 0.491 e. The number of carbonyl (C=O) groups excluding carboxylic acids is 1. The molecular formula is C16H15Cl2NO2. The van der Waals surface area contributed by atoms with Crippen LogP contribution in [0.2, 0.25) is 10.0 Å². The molecular weight excluding hydrogens is 309 g/mol. The molecule has 110 valence electrons. The van der Waals surface area contributed by atoms with Crippen molar-refractivity contribution in [1.82, 2.24) is 0 Å². The van der Waals surface area contributed by atoms with Crippen molar-refractivity contribution in [2.75, 3.05) is 5.32 Å². The monoisotopic (exact) mass is 323 g/mol. The van der Waals surface area contributed by atoms with Gasteiger partial charge in [-0.1, -0.05) is 29.3 Å². The Hall–Kier alpha value is -1.71. The molecule has 0 bridgehead atoms. The zero-order chi connectivity index (χ0) is 15.4. The maximum absolute atomic E-state index is 12.2. The highest BCUT2D eigenvalue weighted by atomic mass is 35.5. The summed E-state index contributed by atoms with van der Waals surface area (Å²) in [6, 6.07) is 11.9. The predicted octanol–water partition coefficient (Wildman–Crippen LogP) is 5.03. The van der Waals surface area contributed by atoms with E-state index in [0.717, 1.165) is 0 Å². The van der Waals surface area contributed by atoms with Crippen molar-refractivity contribution in [3.05, 3.63) is 58.1 Å². The van der Waals surface area contributed by atoms with Crippen LogP contribution in [0.15, 0.2) is 42.5 Å². The number of carbonyl (C=O) groups is 1. The average molecular weight is 324 g/mol. The fourth-order valence-corrected chi connectivity index (χ4v) is 2.33. The molecule has 0 aliphatic carbocycles. The van der Waals surface area contributed by atoms with Crippen molar-refractivity contribution in [3.8, 4) is 5.75 Å². The average Bonchev–Trinajstić information content (AvgIpc) is 2.37. The van der Waals surface area contributed by atoms with E-state index in [1.807, 2.05) is 26.0 Å². The summed E-state index contributed by atoms with van der Waals surface area (Å²) in [6.45, 7) is 3.89.